The lowest BCUT2D eigenvalue weighted by Crippen LogP contribution is -2.01. The van der Waals surface area contributed by atoms with Crippen LogP contribution >= 0.6 is 0 Å². The monoisotopic (exact) mass is 308 g/mol. The van der Waals surface area contributed by atoms with Crippen LogP contribution in [-0.2, 0) is 6.42 Å². The van der Waals surface area contributed by atoms with Gasteiger partial charge in [0.25, 0.3) is 0 Å². The first-order valence-corrected chi connectivity index (χ1v) is 7.46. The minimum atomic E-state index is -0.633. The number of aliphatic hydroxyl groups is 1. The number of hydrogen-bond acceptors (Lipinski definition) is 2. The minimum absolute atomic E-state index is 0.273. The molecule has 0 aromatic heterocycles. The summed E-state index contributed by atoms with van der Waals surface area (Å²) in [6.07, 6.45) is -0.189. The van der Waals surface area contributed by atoms with Crippen molar-refractivity contribution in [3.63, 3.8) is 0 Å². The molecule has 3 aromatic rings. The van der Waals surface area contributed by atoms with Gasteiger partial charge in [0.2, 0.25) is 0 Å². The zero-order chi connectivity index (χ0) is 16.1. The molecule has 3 aromatic carbocycles. The molecule has 3 heteroatoms. The number of halogens is 1. The van der Waals surface area contributed by atoms with Crippen LogP contribution in [0.1, 0.15) is 17.2 Å². The SMILES string of the molecule is OC(Cc1ccc(F)cc1)c1ccc(Oc2ccccc2)cc1. The van der Waals surface area contributed by atoms with E-state index in [4.69, 9.17) is 4.74 Å². The zero-order valence-electron chi connectivity index (χ0n) is 12.5. The second-order valence-electron chi connectivity index (χ2n) is 5.33. The third-order valence-corrected chi connectivity index (χ3v) is 3.59. The first-order valence-electron chi connectivity index (χ1n) is 7.46. The Balaban J connectivity index is 1.65. The summed E-state index contributed by atoms with van der Waals surface area (Å²) in [5.41, 5.74) is 1.69. The van der Waals surface area contributed by atoms with E-state index in [-0.39, 0.29) is 5.82 Å². The van der Waals surface area contributed by atoms with Gasteiger partial charge in [-0.1, -0.05) is 42.5 Å². The molecule has 1 unspecified atom stereocenters. The smallest absolute Gasteiger partial charge is 0.127 e. The predicted molar refractivity (Wildman–Crippen MR) is 88.0 cm³/mol. The number of ether oxygens (including phenoxy) is 1. The van der Waals surface area contributed by atoms with Crippen LogP contribution in [0.15, 0.2) is 78.9 Å². The minimum Gasteiger partial charge on any atom is -0.457 e. The molecule has 0 aliphatic carbocycles. The molecule has 116 valence electrons. The van der Waals surface area contributed by atoms with Crippen LogP contribution in [0, 0.1) is 5.82 Å². The van der Waals surface area contributed by atoms with E-state index in [2.05, 4.69) is 0 Å². The molecular formula is C20H17FO2. The van der Waals surface area contributed by atoms with Crippen LogP contribution < -0.4 is 4.74 Å². The highest BCUT2D eigenvalue weighted by Gasteiger charge is 2.09. The highest BCUT2D eigenvalue weighted by molar-refractivity contribution is 5.34. The van der Waals surface area contributed by atoms with Crippen LogP contribution in [0.5, 0.6) is 11.5 Å². The Morgan fingerprint density at radius 2 is 1.39 bits per heavy atom. The van der Waals surface area contributed by atoms with E-state index in [1.807, 2.05) is 54.6 Å². The molecule has 0 saturated carbocycles. The average Bonchev–Trinajstić information content (AvgIpc) is 2.58. The van der Waals surface area contributed by atoms with Crippen molar-refractivity contribution in [2.45, 2.75) is 12.5 Å². The fraction of sp³-hybridized carbons (Fsp3) is 0.100. The molecule has 0 aliphatic heterocycles. The van der Waals surface area contributed by atoms with Gasteiger partial charge in [-0.2, -0.15) is 0 Å². The maximum Gasteiger partial charge on any atom is 0.127 e. The molecule has 0 radical (unpaired) electrons. The molecule has 0 fully saturated rings. The van der Waals surface area contributed by atoms with E-state index in [1.54, 1.807) is 12.1 Å². The first kappa shape index (κ1) is 15.3. The molecule has 0 amide bonds. The van der Waals surface area contributed by atoms with Crippen molar-refractivity contribution in [3.05, 3.63) is 95.8 Å². The molecule has 1 N–H and O–H groups in total. The van der Waals surface area contributed by atoms with E-state index < -0.39 is 6.10 Å². The summed E-state index contributed by atoms with van der Waals surface area (Å²) in [7, 11) is 0. The van der Waals surface area contributed by atoms with Gasteiger partial charge in [0.15, 0.2) is 0 Å². The summed E-state index contributed by atoms with van der Waals surface area (Å²) >= 11 is 0. The lowest BCUT2D eigenvalue weighted by atomic mass is 10.0. The topological polar surface area (TPSA) is 29.5 Å². The number of hydrogen-bond donors (Lipinski definition) is 1. The summed E-state index contributed by atoms with van der Waals surface area (Å²) in [5, 5.41) is 10.3. The maximum absolute atomic E-state index is 12.9. The molecule has 0 spiro atoms. The molecule has 23 heavy (non-hydrogen) atoms. The lowest BCUT2D eigenvalue weighted by Gasteiger charge is -2.12. The molecule has 3 rings (SSSR count). The largest absolute Gasteiger partial charge is 0.457 e. The van der Waals surface area contributed by atoms with Crippen molar-refractivity contribution in [2.24, 2.45) is 0 Å². The molecule has 0 saturated heterocycles. The number of rotatable bonds is 5. The summed E-state index contributed by atoms with van der Waals surface area (Å²) in [6.45, 7) is 0. The molecule has 0 bridgehead atoms. The van der Waals surface area contributed by atoms with E-state index in [0.29, 0.717) is 12.2 Å². The fourth-order valence-corrected chi connectivity index (χ4v) is 2.34. The Morgan fingerprint density at radius 3 is 2.04 bits per heavy atom. The second-order valence-corrected chi connectivity index (χ2v) is 5.33. The zero-order valence-corrected chi connectivity index (χ0v) is 12.5. The van der Waals surface area contributed by atoms with Crippen molar-refractivity contribution in [2.75, 3.05) is 0 Å². The standard InChI is InChI=1S/C20H17FO2/c21-17-10-6-15(7-11-17)14-20(22)16-8-12-19(13-9-16)23-18-4-2-1-3-5-18/h1-13,20,22H,14H2. The van der Waals surface area contributed by atoms with Crippen LogP contribution in [0.4, 0.5) is 4.39 Å². The highest BCUT2D eigenvalue weighted by Crippen LogP contribution is 2.24. The highest BCUT2D eigenvalue weighted by atomic mass is 19.1. The van der Waals surface area contributed by atoms with Crippen molar-refractivity contribution in [1.82, 2.24) is 0 Å². The van der Waals surface area contributed by atoms with Gasteiger partial charge in [-0.05, 0) is 47.5 Å². The van der Waals surface area contributed by atoms with Crippen molar-refractivity contribution in [3.8, 4) is 11.5 Å². The Bertz CT molecular complexity index is 737. The lowest BCUT2D eigenvalue weighted by molar-refractivity contribution is 0.178. The third-order valence-electron chi connectivity index (χ3n) is 3.59. The van der Waals surface area contributed by atoms with Gasteiger partial charge in [-0.15, -0.1) is 0 Å². The van der Waals surface area contributed by atoms with Gasteiger partial charge in [0.05, 0.1) is 6.10 Å². The summed E-state index contributed by atoms with van der Waals surface area (Å²) in [4.78, 5) is 0. The van der Waals surface area contributed by atoms with Crippen molar-refractivity contribution < 1.29 is 14.2 Å². The molecule has 2 nitrogen and oxygen atoms in total. The van der Waals surface area contributed by atoms with Gasteiger partial charge in [0.1, 0.15) is 17.3 Å². The first-order chi connectivity index (χ1) is 11.2. The van der Waals surface area contributed by atoms with Gasteiger partial charge in [-0.25, -0.2) is 4.39 Å². The van der Waals surface area contributed by atoms with Crippen LogP contribution in [0.2, 0.25) is 0 Å². The van der Waals surface area contributed by atoms with Gasteiger partial charge < -0.3 is 9.84 Å². The number of aliphatic hydroxyl groups excluding tert-OH is 1. The van der Waals surface area contributed by atoms with E-state index in [0.717, 1.165) is 16.9 Å². The molecule has 1 atom stereocenters. The average molecular weight is 308 g/mol. The fourth-order valence-electron chi connectivity index (χ4n) is 2.34. The molecule has 0 heterocycles. The molecular weight excluding hydrogens is 291 g/mol. The van der Waals surface area contributed by atoms with Crippen LogP contribution in [-0.4, -0.2) is 5.11 Å². The van der Waals surface area contributed by atoms with Crippen molar-refractivity contribution >= 4 is 0 Å². The summed E-state index contributed by atoms with van der Waals surface area (Å²) in [5.74, 6) is 1.21. The number of para-hydroxylation sites is 1. The van der Waals surface area contributed by atoms with E-state index in [9.17, 15) is 9.50 Å². The number of benzene rings is 3. The van der Waals surface area contributed by atoms with Gasteiger partial charge in [-0.3, -0.25) is 0 Å². The van der Waals surface area contributed by atoms with Gasteiger partial charge >= 0.3 is 0 Å². The quantitative estimate of drug-likeness (QED) is 0.727. The van der Waals surface area contributed by atoms with Gasteiger partial charge in [0, 0.05) is 6.42 Å². The molecule has 0 aliphatic rings. The van der Waals surface area contributed by atoms with E-state index in [1.165, 1.54) is 12.1 Å². The maximum atomic E-state index is 12.9. The Hall–Kier alpha value is -2.65. The Morgan fingerprint density at radius 1 is 0.783 bits per heavy atom. The second kappa shape index (κ2) is 7.07. The van der Waals surface area contributed by atoms with E-state index >= 15 is 0 Å². The van der Waals surface area contributed by atoms with Crippen molar-refractivity contribution in [1.29, 1.82) is 0 Å². The van der Waals surface area contributed by atoms with Crippen LogP contribution in [0.25, 0.3) is 0 Å². The summed E-state index contributed by atoms with van der Waals surface area (Å²) in [6, 6.07) is 23.0. The third kappa shape index (κ3) is 4.18. The Labute approximate surface area is 134 Å². The van der Waals surface area contributed by atoms with Crippen LogP contribution in [0.3, 0.4) is 0 Å². The predicted octanol–water partition coefficient (Wildman–Crippen LogP) is 4.89. The Kier molecular flexibility index (Phi) is 4.69. The normalized spacial score (nSPS) is 11.9. The summed E-state index contributed by atoms with van der Waals surface area (Å²) < 4.78 is 18.6.